The van der Waals surface area contributed by atoms with Crippen molar-refractivity contribution in [2.24, 2.45) is 5.92 Å². The molecule has 0 aliphatic heterocycles. The van der Waals surface area contributed by atoms with E-state index in [4.69, 9.17) is 0 Å². The molecule has 0 fully saturated rings. The highest BCUT2D eigenvalue weighted by Crippen LogP contribution is 2.15. The number of hydrogen-bond acceptors (Lipinski definition) is 2. The van der Waals surface area contributed by atoms with Crippen molar-refractivity contribution < 1.29 is 14.7 Å². The fourth-order valence-electron chi connectivity index (χ4n) is 2.39. The lowest BCUT2D eigenvalue weighted by Gasteiger charge is -2.18. The molecule has 0 saturated carbocycles. The number of rotatable bonds is 6. The molecule has 0 bridgehead atoms. The Bertz CT molecular complexity index is 665. The Kier molecular flexibility index (Phi) is 5.52. The number of carboxylic acids is 1. The van der Waals surface area contributed by atoms with Crippen LogP contribution in [0.15, 0.2) is 54.6 Å². The second-order valence-electron chi connectivity index (χ2n) is 5.78. The standard InChI is InChI=1S/C19H21NO3/c1-13-8-10-15(11-9-13)12-14(2)18(21)20-17(19(22)23)16-6-4-3-5-7-16/h3-11,14,17H,12H2,1-2H3,(H,20,21)(H,22,23). The fraction of sp³-hybridized carbons (Fsp3) is 0.263. The minimum absolute atomic E-state index is 0.262. The lowest BCUT2D eigenvalue weighted by atomic mass is 9.98. The van der Waals surface area contributed by atoms with E-state index in [1.54, 1.807) is 31.2 Å². The summed E-state index contributed by atoms with van der Waals surface area (Å²) in [7, 11) is 0. The average Bonchev–Trinajstić information content (AvgIpc) is 2.55. The summed E-state index contributed by atoms with van der Waals surface area (Å²) in [6.07, 6.45) is 0.577. The molecule has 4 heteroatoms. The number of aryl methyl sites for hydroxylation is 1. The molecule has 23 heavy (non-hydrogen) atoms. The zero-order valence-corrected chi connectivity index (χ0v) is 13.3. The number of carbonyl (C=O) groups excluding carboxylic acids is 1. The minimum atomic E-state index is -1.06. The zero-order valence-electron chi connectivity index (χ0n) is 13.3. The average molecular weight is 311 g/mol. The number of amides is 1. The van der Waals surface area contributed by atoms with Crippen molar-refractivity contribution in [1.29, 1.82) is 0 Å². The third-order valence-corrected chi connectivity index (χ3v) is 3.78. The van der Waals surface area contributed by atoms with E-state index in [2.05, 4.69) is 5.32 Å². The largest absolute Gasteiger partial charge is 0.479 e. The number of carbonyl (C=O) groups is 2. The van der Waals surface area contributed by atoms with Gasteiger partial charge in [-0.25, -0.2) is 4.79 Å². The molecule has 4 nitrogen and oxygen atoms in total. The second kappa shape index (κ2) is 7.58. The summed E-state index contributed by atoms with van der Waals surface area (Å²) >= 11 is 0. The van der Waals surface area contributed by atoms with Crippen LogP contribution in [0.25, 0.3) is 0 Å². The van der Waals surface area contributed by atoms with Crippen LogP contribution >= 0.6 is 0 Å². The third-order valence-electron chi connectivity index (χ3n) is 3.78. The van der Waals surface area contributed by atoms with Gasteiger partial charge in [-0.3, -0.25) is 4.79 Å². The van der Waals surface area contributed by atoms with E-state index < -0.39 is 12.0 Å². The molecule has 0 radical (unpaired) electrons. The van der Waals surface area contributed by atoms with Gasteiger partial charge in [0.2, 0.25) is 5.91 Å². The molecule has 0 heterocycles. The van der Waals surface area contributed by atoms with E-state index in [1.165, 1.54) is 5.56 Å². The number of carboxylic acid groups (broad SMARTS) is 1. The lowest BCUT2D eigenvalue weighted by Crippen LogP contribution is -2.37. The Balaban J connectivity index is 2.03. The summed E-state index contributed by atoms with van der Waals surface area (Å²) in [6, 6.07) is 15.7. The number of benzene rings is 2. The molecule has 0 aliphatic carbocycles. The molecule has 120 valence electrons. The summed E-state index contributed by atoms with van der Waals surface area (Å²) < 4.78 is 0. The highest BCUT2D eigenvalue weighted by atomic mass is 16.4. The van der Waals surface area contributed by atoms with Crippen molar-refractivity contribution in [3.63, 3.8) is 0 Å². The van der Waals surface area contributed by atoms with Crippen LogP contribution in [-0.4, -0.2) is 17.0 Å². The molecule has 1 amide bonds. The van der Waals surface area contributed by atoms with Crippen molar-refractivity contribution in [3.05, 3.63) is 71.3 Å². The van der Waals surface area contributed by atoms with Crippen LogP contribution in [0.1, 0.15) is 29.7 Å². The Morgan fingerprint density at radius 1 is 1.04 bits per heavy atom. The van der Waals surface area contributed by atoms with E-state index in [9.17, 15) is 14.7 Å². The predicted molar refractivity (Wildman–Crippen MR) is 89.0 cm³/mol. The summed E-state index contributed by atoms with van der Waals surface area (Å²) in [4.78, 5) is 23.8. The molecule has 2 atom stereocenters. The molecule has 2 aromatic carbocycles. The van der Waals surface area contributed by atoms with Gasteiger partial charge in [-0.2, -0.15) is 0 Å². The molecule has 0 spiro atoms. The van der Waals surface area contributed by atoms with Crippen LogP contribution in [0.3, 0.4) is 0 Å². The molecule has 0 saturated heterocycles. The van der Waals surface area contributed by atoms with Crippen LogP contribution < -0.4 is 5.32 Å². The number of nitrogens with one attached hydrogen (secondary N) is 1. The van der Waals surface area contributed by atoms with Gasteiger partial charge in [0.15, 0.2) is 6.04 Å². The first-order chi connectivity index (χ1) is 11.0. The van der Waals surface area contributed by atoms with Gasteiger partial charge < -0.3 is 10.4 Å². The summed E-state index contributed by atoms with van der Waals surface area (Å²) in [6.45, 7) is 3.82. The second-order valence-corrected chi connectivity index (χ2v) is 5.78. The maximum atomic E-state index is 12.3. The van der Waals surface area contributed by atoms with E-state index >= 15 is 0 Å². The SMILES string of the molecule is Cc1ccc(CC(C)C(=O)NC(C(=O)O)c2ccccc2)cc1. The Morgan fingerprint density at radius 3 is 2.22 bits per heavy atom. The smallest absolute Gasteiger partial charge is 0.330 e. The lowest BCUT2D eigenvalue weighted by molar-refractivity contribution is -0.142. The molecule has 2 N–H and O–H groups in total. The fourth-order valence-corrected chi connectivity index (χ4v) is 2.39. The predicted octanol–water partition coefficient (Wildman–Crippen LogP) is 3.12. The van der Waals surface area contributed by atoms with Crippen LogP contribution in [0.5, 0.6) is 0 Å². The third kappa shape index (κ3) is 4.68. The first kappa shape index (κ1) is 16.7. The Labute approximate surface area is 136 Å². The van der Waals surface area contributed by atoms with Gasteiger partial charge in [0.1, 0.15) is 0 Å². The van der Waals surface area contributed by atoms with Gasteiger partial charge >= 0.3 is 5.97 Å². The van der Waals surface area contributed by atoms with E-state index in [-0.39, 0.29) is 11.8 Å². The van der Waals surface area contributed by atoms with Crippen molar-refractivity contribution in [2.75, 3.05) is 0 Å². The van der Waals surface area contributed by atoms with Gasteiger partial charge in [0.05, 0.1) is 0 Å². The van der Waals surface area contributed by atoms with E-state index in [0.29, 0.717) is 12.0 Å². The maximum Gasteiger partial charge on any atom is 0.330 e. The molecule has 0 aromatic heterocycles. The minimum Gasteiger partial charge on any atom is -0.479 e. The van der Waals surface area contributed by atoms with Crippen molar-refractivity contribution in [1.82, 2.24) is 5.32 Å². The van der Waals surface area contributed by atoms with Crippen LogP contribution in [-0.2, 0) is 16.0 Å². The summed E-state index contributed by atoms with van der Waals surface area (Å²) in [5.41, 5.74) is 2.79. The van der Waals surface area contributed by atoms with Crippen LogP contribution in [0.4, 0.5) is 0 Å². The normalized spacial score (nSPS) is 13.1. The monoisotopic (exact) mass is 311 g/mol. The van der Waals surface area contributed by atoms with Gasteiger partial charge in [0, 0.05) is 5.92 Å². The van der Waals surface area contributed by atoms with Gasteiger partial charge in [0.25, 0.3) is 0 Å². The van der Waals surface area contributed by atoms with Gasteiger partial charge in [-0.15, -0.1) is 0 Å². The number of hydrogen-bond donors (Lipinski definition) is 2. The molecule has 2 rings (SSSR count). The molecule has 2 unspecified atom stereocenters. The van der Waals surface area contributed by atoms with E-state index in [0.717, 1.165) is 5.56 Å². The molecule has 0 aliphatic rings. The van der Waals surface area contributed by atoms with Crippen molar-refractivity contribution >= 4 is 11.9 Å². The summed E-state index contributed by atoms with van der Waals surface area (Å²) in [5, 5.41) is 12.0. The van der Waals surface area contributed by atoms with Crippen molar-refractivity contribution in [2.45, 2.75) is 26.3 Å². The topological polar surface area (TPSA) is 66.4 Å². The highest BCUT2D eigenvalue weighted by Gasteiger charge is 2.24. The first-order valence-corrected chi connectivity index (χ1v) is 7.61. The van der Waals surface area contributed by atoms with E-state index in [1.807, 2.05) is 37.3 Å². The Hall–Kier alpha value is -2.62. The molecular formula is C19H21NO3. The van der Waals surface area contributed by atoms with Crippen LogP contribution in [0.2, 0.25) is 0 Å². The summed E-state index contributed by atoms with van der Waals surface area (Å²) in [5.74, 6) is -1.63. The molecular weight excluding hydrogens is 290 g/mol. The Morgan fingerprint density at radius 2 is 1.65 bits per heavy atom. The zero-order chi connectivity index (χ0) is 16.8. The number of aliphatic carboxylic acids is 1. The maximum absolute atomic E-state index is 12.3. The van der Waals surface area contributed by atoms with Crippen molar-refractivity contribution in [3.8, 4) is 0 Å². The van der Waals surface area contributed by atoms with Crippen LogP contribution in [0, 0.1) is 12.8 Å². The highest BCUT2D eigenvalue weighted by molar-refractivity contribution is 5.85. The quantitative estimate of drug-likeness (QED) is 0.861. The molecule has 2 aromatic rings. The van der Waals surface area contributed by atoms with Gasteiger partial charge in [-0.1, -0.05) is 67.1 Å². The first-order valence-electron chi connectivity index (χ1n) is 7.61. The van der Waals surface area contributed by atoms with Gasteiger partial charge in [-0.05, 0) is 24.5 Å².